The molecule has 1 aliphatic heterocycles. The van der Waals surface area contributed by atoms with Gasteiger partial charge >= 0.3 is 0 Å². The number of hydrogen-bond donors (Lipinski definition) is 0. The van der Waals surface area contributed by atoms with Gasteiger partial charge in [-0.1, -0.05) is 30.7 Å². The van der Waals surface area contributed by atoms with E-state index in [9.17, 15) is 0 Å². The quantitative estimate of drug-likeness (QED) is 0.861. The third kappa shape index (κ3) is 2.99. The zero-order chi connectivity index (χ0) is 15.7. The summed E-state index contributed by atoms with van der Waals surface area (Å²) in [6.07, 6.45) is 1.13. The Morgan fingerprint density at radius 2 is 1.95 bits per heavy atom. The van der Waals surface area contributed by atoms with Crippen LogP contribution >= 0.6 is 11.6 Å². The van der Waals surface area contributed by atoms with Crippen molar-refractivity contribution >= 4 is 17.4 Å². The lowest BCUT2D eigenvalue weighted by atomic mass is 10.2. The fraction of sp³-hybridized carbons (Fsp3) is 0.471. The standard InChI is InChI=1S/C17H23ClN4/c1-4-9-22-12-21(10-14-5-7-15(18)8-6-14)11-16-17(22)19-13(2)20(16)3/h5-8H,4,9-12H2,1-3H3. The number of nitrogens with zero attached hydrogens (tertiary/aromatic N) is 4. The highest BCUT2D eigenvalue weighted by Gasteiger charge is 2.26. The molecule has 22 heavy (non-hydrogen) atoms. The molecule has 5 heteroatoms. The zero-order valence-electron chi connectivity index (χ0n) is 13.5. The summed E-state index contributed by atoms with van der Waals surface area (Å²) in [7, 11) is 2.11. The minimum atomic E-state index is 0.791. The van der Waals surface area contributed by atoms with Crippen molar-refractivity contribution < 1.29 is 0 Å². The molecule has 0 unspecified atom stereocenters. The molecule has 0 atom stereocenters. The van der Waals surface area contributed by atoms with Crippen LogP contribution in [0.2, 0.25) is 5.02 Å². The van der Waals surface area contributed by atoms with Crippen LogP contribution in [0.5, 0.6) is 0 Å². The number of halogens is 1. The molecule has 0 fully saturated rings. The van der Waals surface area contributed by atoms with Gasteiger partial charge in [-0.3, -0.25) is 4.90 Å². The van der Waals surface area contributed by atoms with Crippen LogP contribution in [0.25, 0.3) is 0 Å². The maximum atomic E-state index is 5.98. The van der Waals surface area contributed by atoms with Crippen LogP contribution in [-0.2, 0) is 20.1 Å². The zero-order valence-corrected chi connectivity index (χ0v) is 14.3. The molecular weight excluding hydrogens is 296 g/mol. The van der Waals surface area contributed by atoms with E-state index in [1.807, 2.05) is 12.1 Å². The molecule has 0 radical (unpaired) electrons. The largest absolute Gasteiger partial charge is 0.342 e. The van der Waals surface area contributed by atoms with Gasteiger partial charge in [0.1, 0.15) is 5.82 Å². The van der Waals surface area contributed by atoms with Crippen LogP contribution in [0.3, 0.4) is 0 Å². The SMILES string of the molecule is CCCN1CN(Cc2ccc(Cl)cc2)Cc2c1nc(C)n2C. The molecule has 4 nitrogen and oxygen atoms in total. The summed E-state index contributed by atoms with van der Waals surface area (Å²) < 4.78 is 2.21. The van der Waals surface area contributed by atoms with Crippen LogP contribution < -0.4 is 4.90 Å². The summed E-state index contributed by atoms with van der Waals surface area (Å²) in [5, 5.41) is 0.791. The molecule has 0 spiro atoms. The number of fused-ring (bicyclic) bond motifs is 1. The Labute approximate surface area is 137 Å². The van der Waals surface area contributed by atoms with Crippen LogP contribution in [0.4, 0.5) is 5.82 Å². The summed E-state index contributed by atoms with van der Waals surface area (Å²) in [6, 6.07) is 8.14. The Hall–Kier alpha value is -1.52. The van der Waals surface area contributed by atoms with E-state index in [1.165, 1.54) is 11.3 Å². The van der Waals surface area contributed by atoms with Gasteiger partial charge in [0, 0.05) is 31.7 Å². The first-order valence-corrected chi connectivity index (χ1v) is 8.20. The lowest BCUT2D eigenvalue weighted by Crippen LogP contribution is -2.42. The second-order valence-electron chi connectivity index (χ2n) is 6.01. The van der Waals surface area contributed by atoms with Gasteiger partial charge in [0.05, 0.1) is 12.4 Å². The molecule has 118 valence electrons. The molecular formula is C17H23ClN4. The predicted octanol–water partition coefficient (Wildman–Crippen LogP) is 3.57. The Morgan fingerprint density at radius 3 is 2.64 bits per heavy atom. The van der Waals surface area contributed by atoms with Crippen molar-refractivity contribution in [1.82, 2.24) is 14.5 Å². The Morgan fingerprint density at radius 1 is 1.23 bits per heavy atom. The smallest absolute Gasteiger partial charge is 0.152 e. The molecule has 1 aromatic heterocycles. The molecule has 0 bridgehead atoms. The normalized spacial score (nSPS) is 15.2. The number of anilines is 1. The van der Waals surface area contributed by atoms with Gasteiger partial charge < -0.3 is 9.47 Å². The average Bonchev–Trinajstić information content (AvgIpc) is 2.78. The van der Waals surface area contributed by atoms with E-state index >= 15 is 0 Å². The Bertz CT molecular complexity index is 647. The van der Waals surface area contributed by atoms with Crippen LogP contribution in [0, 0.1) is 6.92 Å². The van der Waals surface area contributed by atoms with Gasteiger partial charge in [-0.05, 0) is 31.0 Å². The van der Waals surface area contributed by atoms with E-state index in [4.69, 9.17) is 16.6 Å². The summed E-state index contributed by atoms with van der Waals surface area (Å²) >= 11 is 5.98. The highest BCUT2D eigenvalue weighted by Crippen LogP contribution is 2.28. The molecule has 1 aliphatic rings. The monoisotopic (exact) mass is 318 g/mol. The molecule has 3 rings (SSSR count). The van der Waals surface area contributed by atoms with Crippen molar-refractivity contribution in [3.05, 3.63) is 46.4 Å². The van der Waals surface area contributed by atoms with E-state index in [2.05, 4.69) is 47.4 Å². The van der Waals surface area contributed by atoms with Gasteiger partial charge in [-0.25, -0.2) is 4.98 Å². The van der Waals surface area contributed by atoms with Gasteiger partial charge in [0.2, 0.25) is 0 Å². The molecule has 0 amide bonds. The molecule has 0 aliphatic carbocycles. The summed E-state index contributed by atoms with van der Waals surface area (Å²) in [5.74, 6) is 2.24. The number of hydrogen-bond acceptors (Lipinski definition) is 3. The van der Waals surface area contributed by atoms with E-state index in [0.717, 1.165) is 49.4 Å². The summed E-state index contributed by atoms with van der Waals surface area (Å²) in [4.78, 5) is 9.60. The first kappa shape index (κ1) is 15.4. The molecule has 0 saturated heterocycles. The Balaban J connectivity index is 1.82. The van der Waals surface area contributed by atoms with Gasteiger partial charge in [0.25, 0.3) is 0 Å². The van der Waals surface area contributed by atoms with Crippen molar-refractivity contribution in [3.8, 4) is 0 Å². The maximum absolute atomic E-state index is 5.98. The molecule has 2 aromatic rings. The van der Waals surface area contributed by atoms with Gasteiger partial charge in [0.15, 0.2) is 5.82 Å². The number of benzene rings is 1. The molecule has 0 saturated carbocycles. The lowest BCUT2D eigenvalue weighted by molar-refractivity contribution is 0.236. The third-order valence-corrected chi connectivity index (χ3v) is 4.52. The predicted molar refractivity (Wildman–Crippen MR) is 91.1 cm³/mol. The minimum absolute atomic E-state index is 0.791. The van der Waals surface area contributed by atoms with Crippen molar-refractivity contribution in [1.29, 1.82) is 0 Å². The number of aryl methyl sites for hydroxylation is 1. The van der Waals surface area contributed by atoms with E-state index in [-0.39, 0.29) is 0 Å². The fourth-order valence-electron chi connectivity index (χ4n) is 3.04. The Kier molecular flexibility index (Phi) is 4.41. The highest BCUT2D eigenvalue weighted by atomic mass is 35.5. The summed E-state index contributed by atoms with van der Waals surface area (Å²) in [6.45, 7) is 8.14. The number of aromatic nitrogens is 2. The van der Waals surface area contributed by atoms with E-state index < -0.39 is 0 Å². The van der Waals surface area contributed by atoms with Crippen molar-refractivity contribution in [2.45, 2.75) is 33.4 Å². The van der Waals surface area contributed by atoms with Crippen LogP contribution in [0.1, 0.15) is 30.4 Å². The molecule has 1 aromatic carbocycles. The number of imidazole rings is 1. The van der Waals surface area contributed by atoms with Gasteiger partial charge in [-0.15, -0.1) is 0 Å². The molecule has 0 N–H and O–H groups in total. The highest BCUT2D eigenvalue weighted by molar-refractivity contribution is 6.30. The number of rotatable bonds is 4. The second kappa shape index (κ2) is 6.31. The van der Waals surface area contributed by atoms with E-state index in [1.54, 1.807) is 0 Å². The van der Waals surface area contributed by atoms with Crippen molar-refractivity contribution in [2.24, 2.45) is 7.05 Å². The molecule has 2 heterocycles. The lowest BCUT2D eigenvalue weighted by Gasteiger charge is -2.36. The maximum Gasteiger partial charge on any atom is 0.152 e. The average molecular weight is 319 g/mol. The first-order valence-electron chi connectivity index (χ1n) is 7.82. The van der Waals surface area contributed by atoms with Gasteiger partial charge in [-0.2, -0.15) is 0 Å². The topological polar surface area (TPSA) is 24.3 Å². The van der Waals surface area contributed by atoms with E-state index in [0.29, 0.717) is 0 Å². The summed E-state index contributed by atoms with van der Waals surface area (Å²) in [5.41, 5.74) is 2.61. The van der Waals surface area contributed by atoms with Crippen LogP contribution in [0.15, 0.2) is 24.3 Å². The third-order valence-electron chi connectivity index (χ3n) is 4.27. The first-order chi connectivity index (χ1) is 10.6. The van der Waals surface area contributed by atoms with Crippen LogP contribution in [-0.4, -0.2) is 27.7 Å². The van der Waals surface area contributed by atoms with Crippen molar-refractivity contribution in [2.75, 3.05) is 18.1 Å². The fourth-order valence-corrected chi connectivity index (χ4v) is 3.16. The minimum Gasteiger partial charge on any atom is -0.342 e. The van der Waals surface area contributed by atoms with Crippen molar-refractivity contribution in [3.63, 3.8) is 0 Å². The second-order valence-corrected chi connectivity index (χ2v) is 6.44.